The van der Waals surface area contributed by atoms with E-state index in [1.165, 1.54) is 59.8 Å². The van der Waals surface area contributed by atoms with Crippen molar-refractivity contribution in [2.75, 3.05) is 11.5 Å². The topological polar surface area (TPSA) is 147 Å². The summed E-state index contributed by atoms with van der Waals surface area (Å²) in [7, 11) is 0. The molecule has 2 amide bonds. The quantitative estimate of drug-likeness (QED) is 0.153. The molecule has 3 atom stereocenters. The molecule has 0 radical (unpaired) electrons. The maximum Gasteiger partial charge on any atom is 0.329 e. The molecule has 46 heavy (non-hydrogen) atoms. The van der Waals surface area contributed by atoms with Crippen LogP contribution in [-0.4, -0.2) is 67.2 Å². The first-order chi connectivity index (χ1) is 22.1. The average molecular weight is 687 g/mol. The van der Waals surface area contributed by atoms with Crippen LogP contribution in [0, 0.1) is 0 Å². The number of nitrogens with zero attached hydrogens (tertiary/aromatic N) is 2. The Kier molecular flexibility index (Phi) is 13.7. The molecule has 0 spiro atoms. The monoisotopic (exact) mass is 686 g/mol. The number of esters is 1. The summed E-state index contributed by atoms with van der Waals surface area (Å²) in [5.74, 6) is -0.386. The third-order valence-corrected chi connectivity index (χ3v) is 10.6. The number of phenolic OH excluding ortho intramolecular Hbond substituents is 1. The maximum absolute atomic E-state index is 13.6. The summed E-state index contributed by atoms with van der Waals surface area (Å²) in [5.41, 5.74) is 0.236. The zero-order valence-electron chi connectivity index (χ0n) is 26.3. The number of hydrogen-bond donors (Lipinski definition) is 3. The van der Waals surface area contributed by atoms with E-state index in [2.05, 4.69) is 27.5 Å². The molecular formula is C33H42N4O6S3. The first-order valence-electron chi connectivity index (χ1n) is 15.7. The van der Waals surface area contributed by atoms with Gasteiger partial charge in [-0.15, -0.1) is 23.1 Å². The van der Waals surface area contributed by atoms with Gasteiger partial charge >= 0.3 is 5.97 Å². The van der Waals surface area contributed by atoms with Crippen LogP contribution in [0.4, 0.5) is 0 Å². The van der Waals surface area contributed by atoms with E-state index < -0.39 is 29.6 Å². The number of carbonyl (C=O) groups is 4. The van der Waals surface area contributed by atoms with Crippen molar-refractivity contribution in [2.45, 2.75) is 95.9 Å². The predicted molar refractivity (Wildman–Crippen MR) is 184 cm³/mol. The number of amides is 2. The van der Waals surface area contributed by atoms with Gasteiger partial charge in [0.2, 0.25) is 11.8 Å². The fourth-order valence-electron chi connectivity index (χ4n) is 4.85. The van der Waals surface area contributed by atoms with Crippen molar-refractivity contribution in [3.63, 3.8) is 0 Å². The van der Waals surface area contributed by atoms with Crippen molar-refractivity contribution in [3.8, 4) is 5.75 Å². The van der Waals surface area contributed by atoms with Gasteiger partial charge in [0.05, 0.1) is 13.0 Å². The van der Waals surface area contributed by atoms with Gasteiger partial charge in [-0.1, -0.05) is 62.6 Å². The van der Waals surface area contributed by atoms with Crippen LogP contribution in [0.1, 0.15) is 81.5 Å². The Balaban J connectivity index is 1.47. The Morgan fingerprint density at radius 3 is 2.74 bits per heavy atom. The van der Waals surface area contributed by atoms with Crippen LogP contribution in [-0.2, 0) is 36.9 Å². The lowest BCUT2D eigenvalue weighted by Gasteiger charge is -2.25. The smallest absolute Gasteiger partial charge is 0.329 e. The highest BCUT2D eigenvalue weighted by Gasteiger charge is 2.41. The number of cyclic esters (lactones) is 1. The number of unbranched alkanes of at least 4 members (excludes halogenated alkanes) is 4. The molecule has 1 aromatic heterocycles. The highest BCUT2D eigenvalue weighted by Crippen LogP contribution is 2.32. The van der Waals surface area contributed by atoms with E-state index in [1.54, 1.807) is 25.1 Å². The Hall–Kier alpha value is -3.16. The molecule has 1 unspecified atom stereocenters. The number of fused-ring (bicyclic) bond motifs is 4. The second-order valence-electron chi connectivity index (χ2n) is 11.6. The van der Waals surface area contributed by atoms with Crippen molar-refractivity contribution in [1.29, 1.82) is 0 Å². The normalized spacial score (nSPS) is 22.3. The minimum atomic E-state index is -1.12. The molecule has 1 aromatic carbocycles. The van der Waals surface area contributed by atoms with Crippen molar-refractivity contribution in [2.24, 2.45) is 4.99 Å². The van der Waals surface area contributed by atoms with Crippen LogP contribution in [0.15, 0.2) is 46.8 Å². The summed E-state index contributed by atoms with van der Waals surface area (Å²) >= 11 is 4.11. The largest absolute Gasteiger partial charge is 0.508 e. The number of hydrogen-bond acceptors (Lipinski definition) is 11. The van der Waals surface area contributed by atoms with Crippen LogP contribution >= 0.6 is 34.9 Å². The molecule has 248 valence electrons. The Morgan fingerprint density at radius 1 is 1.17 bits per heavy atom. The Labute approximate surface area is 282 Å². The van der Waals surface area contributed by atoms with Crippen molar-refractivity contribution in [3.05, 3.63) is 58.1 Å². The lowest BCUT2D eigenvalue weighted by molar-refractivity contribution is -0.152. The second-order valence-corrected chi connectivity index (χ2v) is 14.6. The minimum absolute atomic E-state index is 0.0824. The lowest BCUT2D eigenvalue weighted by atomic mass is 10.0. The Morgan fingerprint density at radius 2 is 1.96 bits per heavy atom. The van der Waals surface area contributed by atoms with Gasteiger partial charge in [-0.2, -0.15) is 0 Å². The predicted octanol–water partition coefficient (Wildman–Crippen LogP) is 5.33. The molecule has 2 aliphatic rings. The third kappa shape index (κ3) is 11.0. The van der Waals surface area contributed by atoms with Crippen LogP contribution in [0.25, 0.3) is 0 Å². The van der Waals surface area contributed by atoms with E-state index >= 15 is 0 Å². The zero-order chi connectivity index (χ0) is 32.9. The molecule has 0 fully saturated rings. The molecule has 13 heteroatoms. The molecule has 3 heterocycles. The number of ether oxygens (including phenoxy) is 1. The van der Waals surface area contributed by atoms with Crippen molar-refractivity contribution in [1.82, 2.24) is 15.6 Å². The molecule has 3 N–H and O–H groups in total. The van der Waals surface area contributed by atoms with Gasteiger partial charge in [0.25, 0.3) is 0 Å². The summed E-state index contributed by atoms with van der Waals surface area (Å²) in [6.45, 7) is 4.10. The van der Waals surface area contributed by atoms with E-state index in [4.69, 9.17) is 4.74 Å². The molecule has 0 aliphatic carbocycles. The number of thiazole rings is 1. The van der Waals surface area contributed by atoms with E-state index in [9.17, 15) is 24.3 Å². The summed E-state index contributed by atoms with van der Waals surface area (Å²) in [6, 6.07) is 5.30. The lowest BCUT2D eigenvalue weighted by Crippen LogP contribution is -2.52. The second kappa shape index (κ2) is 17.7. The number of aromatic nitrogens is 1. The van der Waals surface area contributed by atoms with Gasteiger partial charge < -0.3 is 20.5 Å². The SMILES string of the molecule is CCCCCCCC(=O)SCC/C=C/[C@@H]1CC(=O)NCc2nc(cs2)C2=N[C@@](C)(CS2)C(=O)NC(Cc2ccc(O)cc2)C(=O)O1. The summed E-state index contributed by atoms with van der Waals surface area (Å²) < 4.78 is 5.85. The molecule has 4 bridgehead atoms. The summed E-state index contributed by atoms with van der Waals surface area (Å²) in [6.07, 6.45) is 9.21. The van der Waals surface area contributed by atoms with E-state index in [0.717, 1.165) is 19.3 Å². The maximum atomic E-state index is 13.6. The molecule has 0 saturated heterocycles. The number of allylic oxidation sites excluding steroid dienone is 1. The van der Waals surface area contributed by atoms with Gasteiger partial charge in [-0.05, 0) is 43.5 Å². The van der Waals surface area contributed by atoms with Gasteiger partial charge in [0, 0.05) is 29.7 Å². The third-order valence-electron chi connectivity index (χ3n) is 7.54. The molecule has 2 aliphatic heterocycles. The summed E-state index contributed by atoms with van der Waals surface area (Å²) in [4.78, 5) is 61.7. The van der Waals surface area contributed by atoms with Crippen molar-refractivity contribution >= 4 is 62.8 Å². The van der Waals surface area contributed by atoms with E-state index in [0.29, 0.717) is 45.7 Å². The highest BCUT2D eigenvalue weighted by molar-refractivity contribution is 8.14. The van der Waals surface area contributed by atoms with Gasteiger partial charge in [-0.3, -0.25) is 19.4 Å². The number of carbonyl (C=O) groups excluding carboxylic acids is 4. The zero-order valence-corrected chi connectivity index (χ0v) is 28.7. The molecular weight excluding hydrogens is 645 g/mol. The number of thioether (sulfide) groups is 2. The molecule has 0 saturated carbocycles. The number of aromatic hydroxyl groups is 1. The number of phenols is 1. The standard InChI is InChI=1S/C33H42N4O6S3/c1-3-4-5-6-7-11-29(40)44-16-9-8-10-24-18-27(39)34-19-28-35-26(20-45-28)30-37-33(2,21-46-30)32(42)36-25(31(41)43-24)17-22-12-14-23(38)15-13-22/h8,10,12-15,20,24-25,38H,3-7,9,11,16-19,21H2,1-2H3,(H,34,39)(H,36,42)/b10-8+/t24-,25?,33+/m1/s1. The molecule has 10 nitrogen and oxygen atoms in total. The van der Waals surface area contributed by atoms with E-state index in [-0.39, 0.29) is 36.2 Å². The van der Waals surface area contributed by atoms with Gasteiger partial charge in [0.1, 0.15) is 39.2 Å². The number of benzene rings is 1. The number of rotatable bonds is 12. The minimum Gasteiger partial charge on any atom is -0.508 e. The van der Waals surface area contributed by atoms with Crippen LogP contribution < -0.4 is 10.6 Å². The fourth-order valence-corrected chi connectivity index (χ4v) is 7.55. The first-order valence-corrected chi connectivity index (χ1v) is 18.6. The number of aliphatic imine (C=N–C) groups is 1. The van der Waals surface area contributed by atoms with Crippen molar-refractivity contribution < 1.29 is 29.0 Å². The van der Waals surface area contributed by atoms with Crippen LogP contribution in [0.2, 0.25) is 0 Å². The van der Waals surface area contributed by atoms with E-state index in [1.807, 2.05) is 11.5 Å². The molecule has 4 rings (SSSR count). The average Bonchev–Trinajstić information content (AvgIpc) is 3.67. The number of nitrogens with one attached hydrogen (secondary N) is 2. The Bertz CT molecular complexity index is 1430. The summed E-state index contributed by atoms with van der Waals surface area (Å²) in [5, 5.41) is 18.8. The van der Waals surface area contributed by atoms with Gasteiger partial charge in [-0.25, -0.2) is 9.78 Å². The first kappa shape index (κ1) is 35.7. The van der Waals surface area contributed by atoms with Crippen LogP contribution in [0.3, 0.4) is 0 Å². The fraction of sp³-hybridized carbons (Fsp3) is 0.515. The highest BCUT2D eigenvalue weighted by atomic mass is 32.2. The molecule has 2 aromatic rings. The van der Waals surface area contributed by atoms with Gasteiger partial charge in [0.15, 0.2) is 5.12 Å². The van der Waals surface area contributed by atoms with Crippen LogP contribution in [0.5, 0.6) is 5.75 Å².